The van der Waals surface area contributed by atoms with E-state index in [0.29, 0.717) is 22.6 Å². The minimum Gasteiger partial charge on any atom is -0.466 e. The minimum absolute atomic E-state index is 0.165. The first kappa shape index (κ1) is 20.2. The van der Waals surface area contributed by atoms with Crippen LogP contribution in [0.3, 0.4) is 0 Å². The van der Waals surface area contributed by atoms with Crippen LogP contribution in [0.15, 0.2) is 52.1 Å². The first-order valence-corrected chi connectivity index (χ1v) is 9.17. The molecule has 1 aromatic heterocycles. The third-order valence-corrected chi connectivity index (χ3v) is 4.39. The third-order valence-electron chi connectivity index (χ3n) is 4.39. The SMILES string of the molecule is CCOC(=O)C1=C(COC(=O)c2cc(C)oc2C)NC(=O)NC1c1ccccc1. The Hall–Kier alpha value is -3.55. The second kappa shape index (κ2) is 8.64. The Morgan fingerprint density at radius 3 is 2.45 bits per heavy atom. The molecule has 0 spiro atoms. The molecule has 3 rings (SSSR count). The van der Waals surface area contributed by atoms with Crippen molar-refractivity contribution in [2.45, 2.75) is 26.8 Å². The molecule has 2 amide bonds. The number of amides is 2. The van der Waals surface area contributed by atoms with E-state index in [1.165, 1.54) is 0 Å². The zero-order valence-corrected chi connectivity index (χ0v) is 16.4. The molecule has 1 aliphatic heterocycles. The van der Waals surface area contributed by atoms with Gasteiger partial charge in [0.05, 0.1) is 23.9 Å². The Balaban J connectivity index is 1.92. The molecule has 0 aliphatic carbocycles. The lowest BCUT2D eigenvalue weighted by Gasteiger charge is -2.29. The summed E-state index contributed by atoms with van der Waals surface area (Å²) in [5.74, 6) is -0.196. The molecule has 1 unspecified atom stereocenters. The molecule has 1 aromatic carbocycles. The summed E-state index contributed by atoms with van der Waals surface area (Å²) in [5, 5.41) is 5.28. The largest absolute Gasteiger partial charge is 0.466 e. The highest BCUT2D eigenvalue weighted by atomic mass is 16.5. The predicted molar refractivity (Wildman–Crippen MR) is 103 cm³/mol. The van der Waals surface area contributed by atoms with Gasteiger partial charge in [0, 0.05) is 0 Å². The second-order valence-electron chi connectivity index (χ2n) is 6.46. The Morgan fingerprint density at radius 2 is 1.83 bits per heavy atom. The fraction of sp³-hybridized carbons (Fsp3) is 0.286. The molecule has 0 saturated heterocycles. The molecule has 1 aliphatic rings. The Bertz CT molecular complexity index is 961. The maximum Gasteiger partial charge on any atom is 0.342 e. The highest BCUT2D eigenvalue weighted by molar-refractivity contribution is 5.95. The van der Waals surface area contributed by atoms with Crippen LogP contribution in [0.4, 0.5) is 4.79 Å². The van der Waals surface area contributed by atoms with Gasteiger partial charge in [-0.2, -0.15) is 0 Å². The van der Waals surface area contributed by atoms with E-state index in [1.807, 2.05) is 6.07 Å². The van der Waals surface area contributed by atoms with Gasteiger partial charge < -0.3 is 24.5 Å². The number of urea groups is 1. The number of hydrogen-bond donors (Lipinski definition) is 2. The molecule has 0 radical (unpaired) electrons. The Morgan fingerprint density at radius 1 is 1.10 bits per heavy atom. The van der Waals surface area contributed by atoms with Gasteiger partial charge >= 0.3 is 18.0 Å². The van der Waals surface area contributed by atoms with Gasteiger partial charge in [-0.1, -0.05) is 30.3 Å². The van der Waals surface area contributed by atoms with Gasteiger partial charge in [-0.05, 0) is 32.4 Å². The molecule has 8 heteroatoms. The van der Waals surface area contributed by atoms with Crippen LogP contribution in [0.5, 0.6) is 0 Å². The number of carbonyl (C=O) groups is 3. The van der Waals surface area contributed by atoms with Crippen molar-refractivity contribution in [1.29, 1.82) is 0 Å². The van der Waals surface area contributed by atoms with Crippen LogP contribution in [0.2, 0.25) is 0 Å². The number of furan rings is 1. The molecule has 1 atom stereocenters. The highest BCUT2D eigenvalue weighted by Crippen LogP contribution is 2.28. The molecule has 8 nitrogen and oxygen atoms in total. The minimum atomic E-state index is -0.726. The van der Waals surface area contributed by atoms with Crippen LogP contribution in [0.1, 0.15) is 40.4 Å². The molecule has 2 heterocycles. The van der Waals surface area contributed by atoms with Crippen LogP contribution in [0, 0.1) is 13.8 Å². The zero-order valence-electron chi connectivity index (χ0n) is 16.4. The standard InChI is InChI=1S/C21H22N2O6/c1-4-27-20(25)17-16(11-28-19(24)15-10-12(2)29-13(15)3)22-21(26)23-18(17)14-8-6-5-7-9-14/h5-10,18H,4,11H2,1-3H3,(H2,22,23,26). The predicted octanol–water partition coefficient (Wildman–Crippen LogP) is 2.92. The van der Waals surface area contributed by atoms with E-state index in [1.54, 1.807) is 51.1 Å². The van der Waals surface area contributed by atoms with E-state index in [2.05, 4.69) is 10.6 Å². The van der Waals surface area contributed by atoms with E-state index < -0.39 is 24.0 Å². The molecule has 0 saturated carbocycles. The van der Waals surface area contributed by atoms with E-state index in [4.69, 9.17) is 13.9 Å². The van der Waals surface area contributed by atoms with Crippen molar-refractivity contribution in [3.8, 4) is 0 Å². The maximum absolute atomic E-state index is 12.6. The summed E-state index contributed by atoms with van der Waals surface area (Å²) in [6.07, 6.45) is 0. The van der Waals surface area contributed by atoms with Crippen molar-refractivity contribution >= 4 is 18.0 Å². The number of ether oxygens (including phenoxy) is 2. The van der Waals surface area contributed by atoms with Gasteiger partial charge in [0.2, 0.25) is 0 Å². The van der Waals surface area contributed by atoms with E-state index in [0.717, 1.165) is 0 Å². The summed E-state index contributed by atoms with van der Waals surface area (Å²) in [6, 6.07) is 9.35. The number of carbonyl (C=O) groups excluding carboxylic acids is 3. The summed E-state index contributed by atoms with van der Waals surface area (Å²) >= 11 is 0. The summed E-state index contributed by atoms with van der Waals surface area (Å²) in [4.78, 5) is 37.2. The van der Waals surface area contributed by atoms with Crippen LogP contribution < -0.4 is 10.6 Å². The van der Waals surface area contributed by atoms with Crippen molar-refractivity contribution in [1.82, 2.24) is 10.6 Å². The quantitative estimate of drug-likeness (QED) is 0.725. The van der Waals surface area contributed by atoms with E-state index in [9.17, 15) is 14.4 Å². The number of esters is 2. The average Bonchev–Trinajstić information content (AvgIpc) is 3.04. The van der Waals surface area contributed by atoms with Gasteiger partial charge in [-0.15, -0.1) is 0 Å². The van der Waals surface area contributed by atoms with Gasteiger partial charge in [0.15, 0.2) is 0 Å². The molecule has 0 bridgehead atoms. The second-order valence-corrected chi connectivity index (χ2v) is 6.46. The fourth-order valence-electron chi connectivity index (χ4n) is 3.13. The molecule has 29 heavy (non-hydrogen) atoms. The Labute approximate surface area is 167 Å². The molecule has 2 aromatic rings. The molecular weight excluding hydrogens is 376 g/mol. The number of rotatable bonds is 6. The van der Waals surface area contributed by atoms with Crippen LogP contribution in [-0.2, 0) is 14.3 Å². The number of benzene rings is 1. The highest BCUT2D eigenvalue weighted by Gasteiger charge is 2.34. The van der Waals surface area contributed by atoms with Crippen LogP contribution >= 0.6 is 0 Å². The van der Waals surface area contributed by atoms with Crippen LogP contribution in [-0.4, -0.2) is 31.2 Å². The van der Waals surface area contributed by atoms with Gasteiger partial charge in [-0.25, -0.2) is 14.4 Å². The monoisotopic (exact) mass is 398 g/mol. The lowest BCUT2D eigenvalue weighted by Crippen LogP contribution is -2.47. The van der Waals surface area contributed by atoms with Gasteiger partial charge in [0.25, 0.3) is 0 Å². The summed E-state index contributed by atoms with van der Waals surface area (Å²) < 4.78 is 15.9. The average molecular weight is 398 g/mol. The number of aryl methyl sites for hydroxylation is 2. The summed E-state index contributed by atoms with van der Waals surface area (Å²) in [6.45, 7) is 4.94. The summed E-state index contributed by atoms with van der Waals surface area (Å²) in [7, 11) is 0. The first-order valence-electron chi connectivity index (χ1n) is 9.17. The van der Waals surface area contributed by atoms with E-state index >= 15 is 0 Å². The topological polar surface area (TPSA) is 107 Å². The van der Waals surface area contributed by atoms with Crippen molar-refractivity contribution in [3.63, 3.8) is 0 Å². The van der Waals surface area contributed by atoms with Crippen LogP contribution in [0.25, 0.3) is 0 Å². The lowest BCUT2D eigenvalue weighted by molar-refractivity contribution is -0.139. The zero-order chi connectivity index (χ0) is 21.0. The Kier molecular flexibility index (Phi) is 6.01. The smallest absolute Gasteiger partial charge is 0.342 e. The lowest BCUT2D eigenvalue weighted by atomic mass is 9.95. The van der Waals surface area contributed by atoms with Gasteiger partial charge in [0.1, 0.15) is 23.7 Å². The third kappa shape index (κ3) is 4.48. The van der Waals surface area contributed by atoms with Gasteiger partial charge in [-0.3, -0.25) is 0 Å². The number of hydrogen-bond acceptors (Lipinski definition) is 6. The first-order chi connectivity index (χ1) is 13.9. The molecule has 2 N–H and O–H groups in total. The molecule has 0 fully saturated rings. The fourth-order valence-corrected chi connectivity index (χ4v) is 3.13. The molecule has 152 valence electrons. The summed E-state index contributed by atoms with van der Waals surface area (Å²) in [5.41, 5.74) is 1.36. The van der Waals surface area contributed by atoms with Crippen molar-refractivity contribution in [2.75, 3.05) is 13.2 Å². The maximum atomic E-state index is 12.6. The van der Waals surface area contributed by atoms with E-state index in [-0.39, 0.29) is 24.5 Å². The number of nitrogens with one attached hydrogen (secondary N) is 2. The van der Waals surface area contributed by atoms with Crippen molar-refractivity contribution < 1.29 is 28.3 Å². The van der Waals surface area contributed by atoms with Crippen molar-refractivity contribution in [3.05, 3.63) is 70.3 Å². The normalized spacial score (nSPS) is 16.1. The van der Waals surface area contributed by atoms with Crippen molar-refractivity contribution in [2.24, 2.45) is 0 Å². The molecular formula is C21H22N2O6.